The summed E-state index contributed by atoms with van der Waals surface area (Å²) in [5.41, 5.74) is 3.47. The Bertz CT molecular complexity index is 1270. The summed E-state index contributed by atoms with van der Waals surface area (Å²) in [5, 5.41) is 2.92. The normalized spacial score (nSPS) is 10.7. The summed E-state index contributed by atoms with van der Waals surface area (Å²) in [7, 11) is 1.64. The molecule has 2 aromatic heterocycles. The predicted octanol–water partition coefficient (Wildman–Crippen LogP) is 4.22. The standard InChI is InChI=1S/C27H28N4O3/c1-3-8-20-12-13-24(25(19-20)33-2)34-18-17-31-23-11-5-4-9-21(23)30-26(31)14-16-29-27(32)22-10-6-7-15-28-22/h3-7,9-13,15,19H,1,8,14,16-18H2,2H3,(H,29,32). The van der Waals surface area contributed by atoms with Crippen molar-refractivity contribution >= 4 is 16.9 Å². The number of nitrogens with zero attached hydrogens (tertiary/aromatic N) is 3. The van der Waals surface area contributed by atoms with E-state index in [4.69, 9.17) is 14.5 Å². The van der Waals surface area contributed by atoms with Crippen LogP contribution in [0.3, 0.4) is 0 Å². The van der Waals surface area contributed by atoms with E-state index < -0.39 is 0 Å². The smallest absolute Gasteiger partial charge is 0.269 e. The van der Waals surface area contributed by atoms with Crippen LogP contribution in [-0.4, -0.2) is 40.7 Å². The first kappa shape index (κ1) is 23.0. The zero-order valence-corrected chi connectivity index (χ0v) is 19.2. The van der Waals surface area contributed by atoms with E-state index in [1.807, 2.05) is 48.5 Å². The molecule has 4 rings (SSSR count). The van der Waals surface area contributed by atoms with Crippen LogP contribution < -0.4 is 14.8 Å². The second-order valence-corrected chi connectivity index (χ2v) is 7.72. The molecule has 0 saturated heterocycles. The Morgan fingerprint density at radius 2 is 1.97 bits per heavy atom. The lowest BCUT2D eigenvalue weighted by Gasteiger charge is -2.14. The van der Waals surface area contributed by atoms with E-state index >= 15 is 0 Å². The fourth-order valence-electron chi connectivity index (χ4n) is 3.81. The molecule has 174 valence electrons. The first-order chi connectivity index (χ1) is 16.7. The van der Waals surface area contributed by atoms with E-state index in [2.05, 4.69) is 21.4 Å². The maximum absolute atomic E-state index is 12.3. The van der Waals surface area contributed by atoms with Crippen LogP contribution in [0.15, 0.2) is 79.5 Å². The first-order valence-corrected chi connectivity index (χ1v) is 11.2. The van der Waals surface area contributed by atoms with Crippen LogP contribution >= 0.6 is 0 Å². The van der Waals surface area contributed by atoms with Gasteiger partial charge in [-0.05, 0) is 48.4 Å². The second kappa shape index (κ2) is 11.1. The molecule has 0 bridgehead atoms. The number of hydrogen-bond donors (Lipinski definition) is 1. The molecular formula is C27H28N4O3. The Morgan fingerprint density at radius 1 is 1.12 bits per heavy atom. The molecule has 34 heavy (non-hydrogen) atoms. The zero-order valence-electron chi connectivity index (χ0n) is 19.2. The van der Waals surface area contributed by atoms with Crippen molar-refractivity contribution in [2.75, 3.05) is 20.3 Å². The highest BCUT2D eigenvalue weighted by Gasteiger charge is 2.13. The SMILES string of the molecule is C=CCc1ccc(OCCn2c(CCNC(=O)c3ccccn3)nc3ccccc32)c(OC)c1. The summed E-state index contributed by atoms with van der Waals surface area (Å²) in [5.74, 6) is 2.09. The van der Waals surface area contributed by atoms with Crippen LogP contribution in [0.1, 0.15) is 21.9 Å². The van der Waals surface area contributed by atoms with Crippen molar-refractivity contribution in [3.05, 3.63) is 96.6 Å². The van der Waals surface area contributed by atoms with Crippen LogP contribution in [0, 0.1) is 0 Å². The van der Waals surface area contributed by atoms with Gasteiger partial charge in [-0.3, -0.25) is 9.78 Å². The Kier molecular flexibility index (Phi) is 7.55. The van der Waals surface area contributed by atoms with E-state index in [0.29, 0.717) is 43.3 Å². The molecule has 0 saturated carbocycles. The van der Waals surface area contributed by atoms with Crippen molar-refractivity contribution in [2.45, 2.75) is 19.4 Å². The summed E-state index contributed by atoms with van der Waals surface area (Å²) < 4.78 is 13.7. The van der Waals surface area contributed by atoms with Crippen molar-refractivity contribution in [2.24, 2.45) is 0 Å². The van der Waals surface area contributed by atoms with Gasteiger partial charge < -0.3 is 19.4 Å². The largest absolute Gasteiger partial charge is 0.493 e. The first-order valence-electron chi connectivity index (χ1n) is 11.2. The number of amides is 1. The highest BCUT2D eigenvalue weighted by Crippen LogP contribution is 2.28. The average Bonchev–Trinajstić information content (AvgIpc) is 3.22. The molecule has 0 aliphatic rings. The van der Waals surface area contributed by atoms with E-state index in [9.17, 15) is 4.79 Å². The number of ether oxygens (including phenoxy) is 2. The second-order valence-electron chi connectivity index (χ2n) is 7.72. The number of fused-ring (bicyclic) bond motifs is 1. The van der Waals surface area contributed by atoms with Crippen molar-refractivity contribution < 1.29 is 14.3 Å². The van der Waals surface area contributed by atoms with Crippen molar-refractivity contribution in [1.29, 1.82) is 0 Å². The third-order valence-corrected chi connectivity index (χ3v) is 5.45. The molecule has 0 fully saturated rings. The lowest BCUT2D eigenvalue weighted by atomic mass is 10.1. The summed E-state index contributed by atoms with van der Waals surface area (Å²) in [4.78, 5) is 21.2. The van der Waals surface area contributed by atoms with Crippen molar-refractivity contribution in [3.8, 4) is 11.5 Å². The van der Waals surface area contributed by atoms with Gasteiger partial charge in [0.1, 0.15) is 18.1 Å². The van der Waals surface area contributed by atoms with Gasteiger partial charge >= 0.3 is 0 Å². The molecule has 0 spiro atoms. The van der Waals surface area contributed by atoms with Gasteiger partial charge in [-0.25, -0.2) is 4.98 Å². The number of pyridine rings is 1. The van der Waals surface area contributed by atoms with Gasteiger partial charge in [-0.1, -0.05) is 30.3 Å². The lowest BCUT2D eigenvalue weighted by molar-refractivity contribution is 0.0949. The molecule has 2 heterocycles. The number of methoxy groups -OCH3 is 1. The number of rotatable bonds is 11. The van der Waals surface area contributed by atoms with Crippen molar-refractivity contribution in [1.82, 2.24) is 19.9 Å². The van der Waals surface area contributed by atoms with Crippen LogP contribution in [0.25, 0.3) is 11.0 Å². The molecule has 2 aromatic carbocycles. The molecular weight excluding hydrogens is 428 g/mol. The maximum atomic E-state index is 12.3. The number of carbonyl (C=O) groups excluding carboxylic acids is 1. The van der Waals surface area contributed by atoms with Gasteiger partial charge in [0.05, 0.1) is 24.7 Å². The number of aromatic nitrogens is 3. The highest BCUT2D eigenvalue weighted by atomic mass is 16.5. The fourth-order valence-corrected chi connectivity index (χ4v) is 3.81. The zero-order chi connectivity index (χ0) is 23.8. The molecule has 0 unspecified atom stereocenters. The maximum Gasteiger partial charge on any atom is 0.269 e. The number of hydrogen-bond acceptors (Lipinski definition) is 5. The summed E-state index contributed by atoms with van der Waals surface area (Å²) in [6.07, 6.45) is 4.83. The summed E-state index contributed by atoms with van der Waals surface area (Å²) in [6.45, 7) is 5.30. The van der Waals surface area contributed by atoms with Gasteiger partial charge in [0.2, 0.25) is 0 Å². The molecule has 1 N–H and O–H groups in total. The Balaban J connectivity index is 1.43. The van der Waals surface area contributed by atoms with Gasteiger partial charge in [-0.2, -0.15) is 0 Å². The minimum absolute atomic E-state index is 0.196. The minimum atomic E-state index is -0.196. The molecule has 4 aromatic rings. The number of para-hydroxylation sites is 2. The molecule has 0 aliphatic carbocycles. The molecule has 0 aliphatic heterocycles. The van der Waals surface area contributed by atoms with E-state index in [1.54, 1.807) is 31.5 Å². The predicted molar refractivity (Wildman–Crippen MR) is 132 cm³/mol. The number of benzene rings is 2. The highest BCUT2D eigenvalue weighted by molar-refractivity contribution is 5.92. The average molecular weight is 457 g/mol. The van der Waals surface area contributed by atoms with Gasteiger partial charge in [0, 0.05) is 19.2 Å². The molecule has 7 heteroatoms. The van der Waals surface area contributed by atoms with Crippen LogP contribution in [0.5, 0.6) is 11.5 Å². The topological polar surface area (TPSA) is 78.3 Å². The summed E-state index contributed by atoms with van der Waals surface area (Å²) in [6, 6.07) is 19.2. The van der Waals surface area contributed by atoms with Crippen LogP contribution in [-0.2, 0) is 19.4 Å². The molecule has 1 amide bonds. The number of carbonyl (C=O) groups is 1. The number of nitrogens with one attached hydrogen (secondary N) is 1. The van der Waals surface area contributed by atoms with Crippen molar-refractivity contribution in [3.63, 3.8) is 0 Å². The molecule has 0 atom stereocenters. The van der Waals surface area contributed by atoms with Gasteiger partial charge in [-0.15, -0.1) is 6.58 Å². The lowest BCUT2D eigenvalue weighted by Crippen LogP contribution is -2.27. The Labute approximate surface area is 199 Å². The molecule has 7 nitrogen and oxygen atoms in total. The van der Waals surface area contributed by atoms with E-state index in [1.165, 1.54) is 0 Å². The molecule has 0 radical (unpaired) electrons. The number of allylic oxidation sites excluding steroid dienone is 1. The van der Waals surface area contributed by atoms with Gasteiger partial charge in [0.15, 0.2) is 11.5 Å². The summed E-state index contributed by atoms with van der Waals surface area (Å²) >= 11 is 0. The number of imidazole rings is 1. The monoisotopic (exact) mass is 456 g/mol. The van der Waals surface area contributed by atoms with Crippen LogP contribution in [0.4, 0.5) is 0 Å². The third kappa shape index (κ3) is 5.43. The van der Waals surface area contributed by atoms with Gasteiger partial charge in [0.25, 0.3) is 5.91 Å². The third-order valence-electron chi connectivity index (χ3n) is 5.45. The minimum Gasteiger partial charge on any atom is -0.493 e. The van der Waals surface area contributed by atoms with Crippen LogP contribution in [0.2, 0.25) is 0 Å². The van der Waals surface area contributed by atoms with E-state index in [-0.39, 0.29) is 5.91 Å². The fraction of sp³-hybridized carbons (Fsp3) is 0.222. The van der Waals surface area contributed by atoms with E-state index in [0.717, 1.165) is 28.8 Å². The Hall–Kier alpha value is -4.13. The quantitative estimate of drug-likeness (QED) is 0.342. The Morgan fingerprint density at radius 3 is 2.76 bits per heavy atom.